The third kappa shape index (κ3) is 2.08. The smallest absolute Gasteiger partial charge is 0.346 e. The number of rotatable bonds is 2. The first-order valence-corrected chi connectivity index (χ1v) is 4.67. The molecule has 2 N–H and O–H groups in total. The van der Waals surface area contributed by atoms with Gasteiger partial charge in [-0.05, 0) is 18.9 Å². The van der Waals surface area contributed by atoms with Crippen LogP contribution in [-0.2, 0) is 0 Å². The molecule has 4 heteroatoms. The normalized spacial score (nSPS) is 17.5. The minimum absolute atomic E-state index is 0.289. The van der Waals surface area contributed by atoms with Gasteiger partial charge >= 0.3 is 5.69 Å². The van der Waals surface area contributed by atoms with E-state index in [0.717, 1.165) is 0 Å². The Kier molecular flexibility index (Phi) is 2.29. The summed E-state index contributed by atoms with van der Waals surface area (Å²) in [5.74, 6) is 0.690. The first kappa shape index (κ1) is 8.29. The minimum atomic E-state index is -0.289. The van der Waals surface area contributed by atoms with E-state index in [1.54, 1.807) is 12.3 Å². The topological polar surface area (TPSA) is 57.8 Å². The molecule has 1 heterocycles. The molecule has 1 aromatic rings. The first-order chi connectivity index (χ1) is 6.34. The second-order valence-electron chi connectivity index (χ2n) is 3.41. The lowest BCUT2D eigenvalue weighted by molar-refractivity contribution is 0.748. The average molecular weight is 179 g/mol. The Morgan fingerprint density at radius 1 is 1.46 bits per heavy atom. The first-order valence-electron chi connectivity index (χ1n) is 4.67. The van der Waals surface area contributed by atoms with Crippen LogP contribution in [0.2, 0.25) is 0 Å². The number of nitrogens with one attached hydrogen (secondary N) is 2. The highest BCUT2D eigenvalue weighted by atomic mass is 16.1. The molecule has 2 rings (SSSR count). The molecule has 0 saturated heterocycles. The molecule has 1 fully saturated rings. The van der Waals surface area contributed by atoms with Crippen molar-refractivity contribution in [3.63, 3.8) is 0 Å². The summed E-state index contributed by atoms with van der Waals surface area (Å²) in [7, 11) is 0. The van der Waals surface area contributed by atoms with E-state index in [2.05, 4.69) is 15.3 Å². The number of H-pyrrole nitrogens is 1. The molecule has 4 nitrogen and oxygen atoms in total. The Labute approximate surface area is 76.4 Å². The number of anilines is 1. The van der Waals surface area contributed by atoms with Crippen molar-refractivity contribution < 1.29 is 0 Å². The standard InChI is InChI=1S/C9H13N3O/c13-9-10-6-5-8(12-9)11-7-3-1-2-4-7/h5-7H,1-4H2,(H2,10,11,12,13). The number of hydrogen-bond donors (Lipinski definition) is 2. The van der Waals surface area contributed by atoms with Crippen LogP contribution >= 0.6 is 0 Å². The van der Waals surface area contributed by atoms with E-state index in [1.807, 2.05) is 0 Å². The molecular weight excluding hydrogens is 166 g/mol. The van der Waals surface area contributed by atoms with Gasteiger partial charge in [0, 0.05) is 12.2 Å². The summed E-state index contributed by atoms with van der Waals surface area (Å²) in [5.41, 5.74) is -0.289. The fraction of sp³-hybridized carbons (Fsp3) is 0.556. The van der Waals surface area contributed by atoms with Gasteiger partial charge in [-0.2, -0.15) is 4.98 Å². The molecule has 0 unspecified atom stereocenters. The van der Waals surface area contributed by atoms with E-state index in [4.69, 9.17) is 0 Å². The Balaban J connectivity index is 2.04. The maximum atomic E-state index is 10.9. The molecule has 1 aliphatic carbocycles. The summed E-state index contributed by atoms with van der Waals surface area (Å²) >= 11 is 0. The third-order valence-electron chi connectivity index (χ3n) is 2.38. The summed E-state index contributed by atoms with van der Waals surface area (Å²) in [6, 6.07) is 2.30. The van der Waals surface area contributed by atoms with Crippen LogP contribution < -0.4 is 11.0 Å². The molecule has 0 spiro atoms. The van der Waals surface area contributed by atoms with Crippen molar-refractivity contribution >= 4 is 5.82 Å². The molecule has 0 aromatic carbocycles. The predicted molar refractivity (Wildman–Crippen MR) is 50.7 cm³/mol. The predicted octanol–water partition coefficient (Wildman–Crippen LogP) is 1.12. The third-order valence-corrected chi connectivity index (χ3v) is 2.38. The lowest BCUT2D eigenvalue weighted by Crippen LogP contribution is -2.19. The summed E-state index contributed by atoms with van der Waals surface area (Å²) in [5, 5.41) is 3.25. The van der Waals surface area contributed by atoms with Gasteiger partial charge in [0.25, 0.3) is 0 Å². The molecule has 0 radical (unpaired) electrons. The number of aromatic amines is 1. The molecule has 1 aliphatic rings. The van der Waals surface area contributed by atoms with Gasteiger partial charge in [-0.25, -0.2) is 4.79 Å². The molecule has 0 amide bonds. The van der Waals surface area contributed by atoms with Crippen LogP contribution in [0.4, 0.5) is 5.82 Å². The van der Waals surface area contributed by atoms with Gasteiger partial charge in [0.2, 0.25) is 0 Å². The van der Waals surface area contributed by atoms with Gasteiger partial charge in [-0.3, -0.25) is 0 Å². The lowest BCUT2D eigenvalue weighted by atomic mass is 10.2. The fourth-order valence-electron chi connectivity index (χ4n) is 1.73. The van der Waals surface area contributed by atoms with Crippen molar-refractivity contribution in [1.29, 1.82) is 0 Å². The number of hydrogen-bond acceptors (Lipinski definition) is 3. The van der Waals surface area contributed by atoms with Gasteiger partial charge in [-0.1, -0.05) is 12.8 Å². The molecule has 70 valence electrons. The Hall–Kier alpha value is -1.32. The zero-order valence-corrected chi connectivity index (χ0v) is 7.42. The number of aromatic nitrogens is 2. The quantitative estimate of drug-likeness (QED) is 0.715. The van der Waals surface area contributed by atoms with Crippen molar-refractivity contribution in [2.75, 3.05) is 5.32 Å². The van der Waals surface area contributed by atoms with Crippen LogP contribution in [0.5, 0.6) is 0 Å². The summed E-state index contributed by atoms with van der Waals surface area (Å²) < 4.78 is 0. The van der Waals surface area contributed by atoms with E-state index in [0.29, 0.717) is 11.9 Å². The van der Waals surface area contributed by atoms with Crippen LogP contribution in [-0.4, -0.2) is 16.0 Å². The van der Waals surface area contributed by atoms with E-state index < -0.39 is 0 Å². The van der Waals surface area contributed by atoms with Gasteiger partial charge in [0.1, 0.15) is 5.82 Å². The van der Waals surface area contributed by atoms with Crippen LogP contribution in [0, 0.1) is 0 Å². The van der Waals surface area contributed by atoms with E-state index >= 15 is 0 Å². The van der Waals surface area contributed by atoms with E-state index in [1.165, 1.54) is 25.7 Å². The summed E-state index contributed by atoms with van der Waals surface area (Å²) in [6.45, 7) is 0. The van der Waals surface area contributed by atoms with Crippen LogP contribution in [0.3, 0.4) is 0 Å². The molecule has 1 saturated carbocycles. The molecule has 0 bridgehead atoms. The second-order valence-corrected chi connectivity index (χ2v) is 3.41. The van der Waals surface area contributed by atoms with Gasteiger partial charge < -0.3 is 10.3 Å². The molecular formula is C9H13N3O. The van der Waals surface area contributed by atoms with Crippen molar-refractivity contribution in [3.8, 4) is 0 Å². The summed E-state index contributed by atoms with van der Waals surface area (Å²) in [6.07, 6.45) is 6.55. The Morgan fingerprint density at radius 2 is 2.23 bits per heavy atom. The van der Waals surface area contributed by atoms with Crippen LogP contribution in [0.25, 0.3) is 0 Å². The van der Waals surface area contributed by atoms with Crippen molar-refractivity contribution in [2.24, 2.45) is 0 Å². The van der Waals surface area contributed by atoms with Crippen molar-refractivity contribution in [1.82, 2.24) is 9.97 Å². The summed E-state index contributed by atoms with van der Waals surface area (Å²) in [4.78, 5) is 17.2. The Morgan fingerprint density at radius 3 is 2.92 bits per heavy atom. The lowest BCUT2D eigenvalue weighted by Gasteiger charge is -2.11. The monoisotopic (exact) mass is 179 g/mol. The van der Waals surface area contributed by atoms with Crippen molar-refractivity contribution in [3.05, 3.63) is 22.7 Å². The second kappa shape index (κ2) is 3.60. The maximum absolute atomic E-state index is 10.9. The molecule has 0 aliphatic heterocycles. The molecule has 13 heavy (non-hydrogen) atoms. The average Bonchev–Trinajstić information content (AvgIpc) is 2.57. The van der Waals surface area contributed by atoms with Crippen LogP contribution in [0.15, 0.2) is 17.1 Å². The maximum Gasteiger partial charge on any atom is 0.346 e. The Bertz CT molecular complexity index is 328. The fourth-order valence-corrected chi connectivity index (χ4v) is 1.73. The van der Waals surface area contributed by atoms with Crippen LogP contribution in [0.1, 0.15) is 25.7 Å². The SMILES string of the molecule is O=c1nc(NC2CCCC2)cc[nH]1. The molecule has 1 aromatic heterocycles. The van der Waals surface area contributed by atoms with Gasteiger partial charge in [0.05, 0.1) is 0 Å². The highest BCUT2D eigenvalue weighted by Gasteiger charge is 2.14. The van der Waals surface area contributed by atoms with E-state index in [-0.39, 0.29) is 5.69 Å². The van der Waals surface area contributed by atoms with Gasteiger partial charge in [0.15, 0.2) is 0 Å². The highest BCUT2D eigenvalue weighted by Crippen LogP contribution is 2.20. The van der Waals surface area contributed by atoms with Gasteiger partial charge in [-0.15, -0.1) is 0 Å². The highest BCUT2D eigenvalue weighted by molar-refractivity contribution is 5.33. The van der Waals surface area contributed by atoms with Crippen molar-refractivity contribution in [2.45, 2.75) is 31.7 Å². The molecule has 0 atom stereocenters. The zero-order valence-electron chi connectivity index (χ0n) is 7.42. The largest absolute Gasteiger partial charge is 0.367 e. The van der Waals surface area contributed by atoms with E-state index in [9.17, 15) is 4.79 Å². The number of nitrogens with zero attached hydrogens (tertiary/aromatic N) is 1. The minimum Gasteiger partial charge on any atom is -0.367 e. The zero-order chi connectivity index (χ0) is 9.10.